The minimum Gasteiger partial charge on any atom is -0.478 e. The van der Waals surface area contributed by atoms with Gasteiger partial charge in [0, 0.05) is 60.6 Å². The van der Waals surface area contributed by atoms with Gasteiger partial charge in [-0.1, -0.05) is 6.07 Å². The summed E-state index contributed by atoms with van der Waals surface area (Å²) in [5.74, 6) is -3.13. The molecule has 2 amide bonds. The molecular weight excluding hydrogens is 593 g/mol. The minimum atomic E-state index is -1.26. The molecule has 0 aliphatic carbocycles. The molecule has 1 fully saturated rings. The number of hydrogen-bond acceptors (Lipinski definition) is 6. The Kier molecular flexibility index (Phi) is 12.9. The van der Waals surface area contributed by atoms with Crippen molar-refractivity contribution in [3.63, 3.8) is 0 Å². The Bertz CT molecular complexity index is 1560. The van der Waals surface area contributed by atoms with Gasteiger partial charge in [0.1, 0.15) is 5.82 Å². The monoisotopic (exact) mass is 631 g/mol. The van der Waals surface area contributed by atoms with Crippen molar-refractivity contribution in [2.45, 2.75) is 33.6 Å². The van der Waals surface area contributed by atoms with Crippen LogP contribution in [0.5, 0.6) is 0 Å². The molecule has 242 valence electrons. The summed E-state index contributed by atoms with van der Waals surface area (Å²) in [4.78, 5) is 61.0. The second-order valence-corrected chi connectivity index (χ2v) is 11.0. The lowest BCUT2D eigenvalue weighted by Gasteiger charge is -2.33. The van der Waals surface area contributed by atoms with Gasteiger partial charge in [-0.15, -0.1) is 0 Å². The van der Waals surface area contributed by atoms with Crippen molar-refractivity contribution < 1.29 is 38.6 Å². The summed E-state index contributed by atoms with van der Waals surface area (Å²) in [5.41, 5.74) is 4.85. The molecule has 4 rings (SSSR count). The van der Waals surface area contributed by atoms with Crippen molar-refractivity contribution in [2.24, 2.45) is 5.92 Å². The van der Waals surface area contributed by atoms with Crippen LogP contribution in [0.2, 0.25) is 0 Å². The summed E-state index contributed by atoms with van der Waals surface area (Å²) in [6.45, 7) is 8.24. The van der Waals surface area contributed by atoms with E-state index in [4.69, 9.17) is 10.2 Å². The predicted molar refractivity (Wildman–Crippen MR) is 173 cm³/mol. The molecule has 0 atom stereocenters. The fourth-order valence-electron chi connectivity index (χ4n) is 4.95. The van der Waals surface area contributed by atoms with Crippen LogP contribution in [-0.4, -0.2) is 70.8 Å². The third kappa shape index (κ3) is 10.8. The molecule has 3 aromatic rings. The number of hydrogen-bond donors (Lipinski definition) is 3. The largest absolute Gasteiger partial charge is 0.478 e. The predicted octanol–water partition coefficient (Wildman–Crippen LogP) is 5.35. The summed E-state index contributed by atoms with van der Waals surface area (Å²) in [6, 6.07) is 18.7. The number of likely N-dealkylation sites (tertiary alicyclic amines) is 1. The molecule has 3 N–H and O–H groups in total. The van der Waals surface area contributed by atoms with Gasteiger partial charge in [-0.2, -0.15) is 0 Å². The molecule has 1 saturated heterocycles. The van der Waals surface area contributed by atoms with E-state index >= 15 is 0 Å². The van der Waals surface area contributed by atoms with Gasteiger partial charge in [-0.05, 0) is 112 Å². The van der Waals surface area contributed by atoms with Crippen LogP contribution in [0.3, 0.4) is 0 Å². The van der Waals surface area contributed by atoms with Crippen LogP contribution < -0.4 is 10.2 Å². The third-order valence-corrected chi connectivity index (χ3v) is 7.59. The second-order valence-electron chi connectivity index (χ2n) is 11.0. The molecule has 1 aliphatic rings. The Hall–Kier alpha value is -5.16. The van der Waals surface area contributed by atoms with E-state index in [1.54, 1.807) is 41.3 Å². The summed E-state index contributed by atoms with van der Waals surface area (Å²) in [5, 5.41) is 18.4. The maximum absolute atomic E-state index is 13.6. The number of carboxylic acids is 2. The average molecular weight is 632 g/mol. The first-order valence-corrected chi connectivity index (χ1v) is 14.8. The molecule has 10 nitrogen and oxygen atoms in total. The first-order valence-electron chi connectivity index (χ1n) is 14.8. The number of aryl methyl sites for hydroxylation is 2. The summed E-state index contributed by atoms with van der Waals surface area (Å²) >= 11 is 0. The van der Waals surface area contributed by atoms with Crippen LogP contribution in [0, 0.1) is 25.6 Å². The Balaban J connectivity index is 0.000000637. The number of carbonyl (C=O) groups excluding carboxylic acids is 3. The molecule has 0 saturated carbocycles. The molecule has 0 spiro atoms. The summed E-state index contributed by atoms with van der Waals surface area (Å²) in [7, 11) is 0. The van der Waals surface area contributed by atoms with E-state index in [0.717, 1.165) is 42.7 Å². The number of rotatable bonds is 10. The number of carbonyl (C=O) groups is 5. The number of amides is 2. The smallest absolute Gasteiger partial charge is 0.328 e. The molecule has 0 radical (unpaired) electrons. The van der Waals surface area contributed by atoms with Crippen LogP contribution in [0.25, 0.3) is 0 Å². The van der Waals surface area contributed by atoms with Gasteiger partial charge < -0.3 is 25.3 Å². The van der Waals surface area contributed by atoms with E-state index in [2.05, 4.69) is 10.2 Å². The molecule has 0 unspecified atom stereocenters. The van der Waals surface area contributed by atoms with Crippen LogP contribution in [-0.2, 0) is 14.4 Å². The van der Waals surface area contributed by atoms with Crippen molar-refractivity contribution in [3.05, 3.63) is 107 Å². The number of Topliss-reactive ketones (excluding diaryl/α,β-unsaturated/α-hetero) is 1. The minimum absolute atomic E-state index is 0.0688. The number of piperidine rings is 1. The molecule has 11 heteroatoms. The van der Waals surface area contributed by atoms with E-state index < -0.39 is 11.9 Å². The normalized spacial score (nSPS) is 13.4. The van der Waals surface area contributed by atoms with Crippen molar-refractivity contribution in [2.75, 3.05) is 36.4 Å². The quantitative estimate of drug-likeness (QED) is 0.201. The number of anilines is 2. The topological polar surface area (TPSA) is 144 Å². The molecule has 0 bridgehead atoms. The van der Waals surface area contributed by atoms with Crippen molar-refractivity contribution in [1.29, 1.82) is 0 Å². The fourth-order valence-corrected chi connectivity index (χ4v) is 4.95. The van der Waals surface area contributed by atoms with Crippen molar-refractivity contribution >= 4 is 40.9 Å². The zero-order valence-electron chi connectivity index (χ0n) is 26.0. The van der Waals surface area contributed by atoms with Gasteiger partial charge in [0.05, 0.1) is 0 Å². The Morgan fingerprint density at radius 3 is 1.93 bits per heavy atom. The van der Waals surface area contributed by atoms with E-state index in [1.165, 1.54) is 19.1 Å². The lowest BCUT2D eigenvalue weighted by Crippen LogP contribution is -2.43. The van der Waals surface area contributed by atoms with E-state index in [0.29, 0.717) is 42.1 Å². The third-order valence-electron chi connectivity index (χ3n) is 7.59. The van der Waals surface area contributed by atoms with Gasteiger partial charge in [0.2, 0.25) is 5.91 Å². The molecule has 3 aromatic carbocycles. The molecule has 0 aromatic heterocycles. The number of halogens is 1. The summed E-state index contributed by atoms with van der Waals surface area (Å²) in [6.07, 6.45) is 2.58. The van der Waals surface area contributed by atoms with Gasteiger partial charge in [-0.3, -0.25) is 14.4 Å². The first kappa shape index (κ1) is 35.3. The van der Waals surface area contributed by atoms with Crippen LogP contribution in [0.15, 0.2) is 78.9 Å². The van der Waals surface area contributed by atoms with Crippen LogP contribution in [0.4, 0.5) is 15.8 Å². The Labute approximate surface area is 267 Å². The highest BCUT2D eigenvalue weighted by Crippen LogP contribution is 2.24. The lowest BCUT2D eigenvalue weighted by molar-refractivity contribution is -0.134. The highest BCUT2D eigenvalue weighted by atomic mass is 19.1. The average Bonchev–Trinajstić information content (AvgIpc) is 3.02. The van der Waals surface area contributed by atoms with Gasteiger partial charge in [0.25, 0.3) is 5.91 Å². The zero-order valence-corrected chi connectivity index (χ0v) is 26.0. The molecule has 1 aliphatic heterocycles. The van der Waals surface area contributed by atoms with Gasteiger partial charge >= 0.3 is 11.9 Å². The maximum Gasteiger partial charge on any atom is 0.328 e. The first-order chi connectivity index (χ1) is 21.8. The number of aliphatic carboxylic acids is 2. The lowest BCUT2D eigenvalue weighted by atomic mass is 9.89. The highest BCUT2D eigenvalue weighted by Gasteiger charge is 2.27. The number of ketones is 1. The van der Waals surface area contributed by atoms with E-state index in [9.17, 15) is 28.4 Å². The summed E-state index contributed by atoms with van der Waals surface area (Å²) < 4.78 is 13.2. The second kappa shape index (κ2) is 16.8. The molecular formula is C35H38FN3O7. The van der Waals surface area contributed by atoms with Crippen molar-refractivity contribution in [3.8, 4) is 0 Å². The zero-order chi connectivity index (χ0) is 33.8. The van der Waals surface area contributed by atoms with E-state index in [-0.39, 0.29) is 29.3 Å². The van der Waals surface area contributed by atoms with Crippen LogP contribution in [0.1, 0.15) is 51.6 Å². The van der Waals surface area contributed by atoms with Crippen molar-refractivity contribution in [1.82, 2.24) is 4.90 Å². The maximum atomic E-state index is 13.6. The number of carboxylic acid groups (broad SMARTS) is 2. The standard InChI is InChI=1S/C31H34FN3O3.C4H4O4/c1-21-4-13-29(20-22(21)2)35(31(38)26-7-11-28(12-8-26)33-23(3)36)19-18-34-16-14-25(15-17-34)30(37)24-5-9-27(32)10-6-24;5-3(6)1-2-4(7)8/h4-13,20,25H,14-19H2,1-3H3,(H,33,36);1-2H,(H,5,6)(H,7,8). The molecule has 46 heavy (non-hydrogen) atoms. The number of nitrogens with one attached hydrogen (secondary N) is 1. The number of nitrogens with zero attached hydrogens (tertiary/aromatic N) is 2. The van der Waals surface area contributed by atoms with Gasteiger partial charge in [-0.25, -0.2) is 14.0 Å². The van der Waals surface area contributed by atoms with Gasteiger partial charge in [0.15, 0.2) is 5.78 Å². The molecule has 1 heterocycles. The fraction of sp³-hybridized carbons (Fsp3) is 0.286. The highest BCUT2D eigenvalue weighted by molar-refractivity contribution is 6.06. The Morgan fingerprint density at radius 2 is 1.41 bits per heavy atom. The number of benzene rings is 3. The van der Waals surface area contributed by atoms with Crippen LogP contribution >= 0.6 is 0 Å². The van der Waals surface area contributed by atoms with E-state index in [1.807, 2.05) is 32.0 Å². The SMILES string of the molecule is CC(=O)Nc1ccc(C(=O)N(CCN2CCC(C(=O)c3ccc(F)cc3)CC2)c2ccc(C)c(C)c2)cc1.O=C(O)C=CC(=O)O. The Morgan fingerprint density at radius 1 is 0.848 bits per heavy atom.